The van der Waals surface area contributed by atoms with Gasteiger partial charge in [0.25, 0.3) is 0 Å². The first kappa shape index (κ1) is 11.7. The Morgan fingerprint density at radius 3 is 2.67 bits per heavy atom. The molecular weight excluding hydrogens is 204 g/mol. The van der Waals surface area contributed by atoms with Crippen LogP contribution in [0.5, 0.6) is 0 Å². The van der Waals surface area contributed by atoms with Crippen LogP contribution in [0.1, 0.15) is 32.1 Å². The average Bonchev–Trinajstić information content (AvgIpc) is 2.77. The Balaban J connectivity index is 1.90. The highest BCUT2D eigenvalue weighted by Gasteiger charge is 2.33. The third-order valence-corrected chi connectivity index (χ3v) is 5.22. The molecule has 2 rings (SSSR count). The van der Waals surface area contributed by atoms with Crippen LogP contribution in [-0.4, -0.2) is 48.6 Å². The Hall–Kier alpha value is 0.270. The topological polar surface area (TPSA) is 15.3 Å². The zero-order valence-electron chi connectivity index (χ0n) is 10.0. The molecule has 2 nitrogen and oxygen atoms in total. The second-order valence-electron chi connectivity index (χ2n) is 4.90. The summed E-state index contributed by atoms with van der Waals surface area (Å²) in [4.78, 5) is 2.74. The number of hydrogen-bond donors (Lipinski definition) is 1. The van der Waals surface area contributed by atoms with Gasteiger partial charge in [0.2, 0.25) is 0 Å². The minimum atomic E-state index is 0.745. The molecule has 3 unspecified atom stereocenters. The lowest BCUT2D eigenvalue weighted by atomic mass is 9.94. The van der Waals surface area contributed by atoms with Gasteiger partial charge in [-0.1, -0.05) is 12.8 Å². The van der Waals surface area contributed by atoms with Crippen LogP contribution < -0.4 is 5.32 Å². The zero-order valence-corrected chi connectivity index (χ0v) is 10.9. The van der Waals surface area contributed by atoms with Gasteiger partial charge in [0.05, 0.1) is 0 Å². The van der Waals surface area contributed by atoms with Crippen molar-refractivity contribution in [3.63, 3.8) is 0 Å². The molecule has 0 aromatic carbocycles. The van der Waals surface area contributed by atoms with Gasteiger partial charge in [-0.3, -0.25) is 4.90 Å². The molecule has 0 aromatic rings. The van der Waals surface area contributed by atoms with E-state index in [9.17, 15) is 0 Å². The van der Waals surface area contributed by atoms with E-state index in [1.807, 2.05) is 0 Å². The van der Waals surface area contributed by atoms with Gasteiger partial charge in [-0.05, 0) is 32.6 Å². The molecule has 1 N–H and O–H groups in total. The summed E-state index contributed by atoms with van der Waals surface area (Å²) in [5.41, 5.74) is 0. The maximum atomic E-state index is 3.42. The monoisotopic (exact) mass is 228 g/mol. The fourth-order valence-corrected chi connectivity index (χ4v) is 4.12. The van der Waals surface area contributed by atoms with E-state index in [4.69, 9.17) is 0 Å². The molecule has 1 saturated carbocycles. The van der Waals surface area contributed by atoms with E-state index in [0.717, 1.165) is 17.3 Å². The summed E-state index contributed by atoms with van der Waals surface area (Å²) in [6, 6.07) is 1.61. The first-order valence-corrected chi connectivity index (χ1v) is 7.58. The van der Waals surface area contributed by atoms with Gasteiger partial charge >= 0.3 is 0 Å². The average molecular weight is 228 g/mol. The van der Waals surface area contributed by atoms with E-state index in [1.165, 1.54) is 45.2 Å². The number of thioether (sulfide) groups is 1. The molecule has 2 aliphatic rings. The van der Waals surface area contributed by atoms with E-state index >= 15 is 0 Å². The number of likely N-dealkylation sites (tertiary alicyclic amines) is 1. The fourth-order valence-electron chi connectivity index (χ4n) is 3.09. The summed E-state index contributed by atoms with van der Waals surface area (Å²) in [6.45, 7) is 2.59. The van der Waals surface area contributed by atoms with E-state index in [0.29, 0.717) is 0 Å². The van der Waals surface area contributed by atoms with Crippen LogP contribution in [0.25, 0.3) is 0 Å². The zero-order chi connectivity index (χ0) is 10.7. The van der Waals surface area contributed by atoms with Crippen LogP contribution in [0.3, 0.4) is 0 Å². The van der Waals surface area contributed by atoms with Gasteiger partial charge in [0.15, 0.2) is 0 Å². The van der Waals surface area contributed by atoms with Crippen molar-refractivity contribution in [2.45, 2.75) is 49.4 Å². The molecule has 0 amide bonds. The molecule has 0 bridgehead atoms. The van der Waals surface area contributed by atoms with Crippen LogP contribution in [0.4, 0.5) is 0 Å². The van der Waals surface area contributed by atoms with Crippen molar-refractivity contribution in [2.24, 2.45) is 0 Å². The van der Waals surface area contributed by atoms with Crippen molar-refractivity contribution >= 4 is 11.8 Å². The van der Waals surface area contributed by atoms with E-state index in [2.05, 4.69) is 35.3 Å². The molecule has 88 valence electrons. The summed E-state index contributed by atoms with van der Waals surface area (Å²) in [7, 11) is 2.10. The Bertz CT molecular complexity index is 198. The van der Waals surface area contributed by atoms with Gasteiger partial charge in [0, 0.05) is 30.4 Å². The summed E-state index contributed by atoms with van der Waals surface area (Å²) in [5, 5.41) is 4.31. The Morgan fingerprint density at radius 1 is 1.20 bits per heavy atom. The quantitative estimate of drug-likeness (QED) is 0.795. The fraction of sp³-hybridized carbons (Fsp3) is 1.00. The Morgan fingerprint density at radius 2 is 2.00 bits per heavy atom. The highest BCUT2D eigenvalue weighted by atomic mass is 32.2. The highest BCUT2D eigenvalue weighted by Crippen LogP contribution is 2.32. The van der Waals surface area contributed by atoms with Crippen LogP contribution in [0.2, 0.25) is 0 Å². The second-order valence-corrected chi connectivity index (χ2v) is 5.97. The number of hydrogen-bond acceptors (Lipinski definition) is 3. The molecule has 1 heterocycles. The van der Waals surface area contributed by atoms with Gasteiger partial charge in [-0.15, -0.1) is 0 Å². The molecule has 1 saturated heterocycles. The molecule has 0 radical (unpaired) electrons. The molecule has 3 atom stereocenters. The first-order chi connectivity index (χ1) is 7.35. The molecule has 15 heavy (non-hydrogen) atoms. The SMILES string of the molecule is CNC1CCN(C2CCCCC2SC)C1. The second kappa shape index (κ2) is 5.55. The minimum Gasteiger partial charge on any atom is -0.316 e. The van der Waals surface area contributed by atoms with Crippen molar-refractivity contribution in [2.75, 3.05) is 26.4 Å². The van der Waals surface area contributed by atoms with Crippen molar-refractivity contribution in [3.05, 3.63) is 0 Å². The van der Waals surface area contributed by atoms with E-state index in [1.54, 1.807) is 0 Å². The predicted molar refractivity (Wildman–Crippen MR) is 68.6 cm³/mol. The number of likely N-dealkylation sites (N-methyl/N-ethyl adjacent to an activating group) is 1. The molecule has 2 fully saturated rings. The van der Waals surface area contributed by atoms with Crippen molar-refractivity contribution in [1.82, 2.24) is 10.2 Å². The van der Waals surface area contributed by atoms with E-state index in [-0.39, 0.29) is 0 Å². The lowest BCUT2D eigenvalue weighted by molar-refractivity contribution is 0.194. The summed E-state index contributed by atoms with van der Waals surface area (Å²) >= 11 is 2.09. The van der Waals surface area contributed by atoms with Crippen LogP contribution in [-0.2, 0) is 0 Å². The third-order valence-electron chi connectivity index (χ3n) is 4.07. The number of nitrogens with zero attached hydrogens (tertiary/aromatic N) is 1. The van der Waals surface area contributed by atoms with Crippen LogP contribution in [0.15, 0.2) is 0 Å². The van der Waals surface area contributed by atoms with Gasteiger partial charge in [0.1, 0.15) is 0 Å². The lowest BCUT2D eigenvalue weighted by Crippen LogP contribution is -2.44. The standard InChI is InChI=1S/C12H24N2S/c1-13-10-7-8-14(9-10)11-5-3-4-6-12(11)15-2/h10-13H,3-9H2,1-2H3. The summed E-state index contributed by atoms with van der Waals surface area (Å²) in [6.07, 6.45) is 9.39. The highest BCUT2D eigenvalue weighted by molar-refractivity contribution is 7.99. The number of nitrogens with one attached hydrogen (secondary N) is 1. The smallest absolute Gasteiger partial charge is 0.0215 e. The lowest BCUT2D eigenvalue weighted by Gasteiger charge is -2.37. The molecule has 0 spiro atoms. The third kappa shape index (κ3) is 2.69. The molecule has 0 aromatic heterocycles. The Labute approximate surface area is 98.2 Å². The first-order valence-electron chi connectivity index (χ1n) is 6.29. The van der Waals surface area contributed by atoms with Crippen molar-refractivity contribution in [3.8, 4) is 0 Å². The molecule has 1 aliphatic carbocycles. The van der Waals surface area contributed by atoms with E-state index < -0.39 is 0 Å². The normalized spacial score (nSPS) is 38.4. The van der Waals surface area contributed by atoms with Crippen LogP contribution >= 0.6 is 11.8 Å². The van der Waals surface area contributed by atoms with Gasteiger partial charge < -0.3 is 5.32 Å². The van der Waals surface area contributed by atoms with Crippen molar-refractivity contribution in [1.29, 1.82) is 0 Å². The number of rotatable bonds is 3. The molecule has 3 heteroatoms. The maximum absolute atomic E-state index is 3.42. The molecule has 1 aliphatic heterocycles. The minimum absolute atomic E-state index is 0.745. The van der Waals surface area contributed by atoms with Gasteiger partial charge in [-0.25, -0.2) is 0 Å². The maximum Gasteiger partial charge on any atom is 0.0215 e. The summed E-state index contributed by atoms with van der Waals surface area (Å²) < 4.78 is 0. The van der Waals surface area contributed by atoms with Gasteiger partial charge in [-0.2, -0.15) is 11.8 Å². The Kier molecular flexibility index (Phi) is 4.35. The van der Waals surface area contributed by atoms with Crippen LogP contribution in [0, 0.1) is 0 Å². The van der Waals surface area contributed by atoms with Crippen molar-refractivity contribution < 1.29 is 0 Å². The molecular formula is C12H24N2S. The largest absolute Gasteiger partial charge is 0.316 e. The predicted octanol–water partition coefficient (Wildman–Crippen LogP) is 1.95. The summed E-state index contributed by atoms with van der Waals surface area (Å²) in [5.74, 6) is 0.